The van der Waals surface area contributed by atoms with Crippen LogP contribution in [0.3, 0.4) is 0 Å². The van der Waals surface area contributed by atoms with Crippen LogP contribution in [0.25, 0.3) is 0 Å². The minimum atomic E-state index is 0.920. The Morgan fingerprint density at radius 3 is 2.50 bits per heavy atom. The monoisotopic (exact) mass is 165 g/mol. The van der Waals surface area contributed by atoms with Crippen LogP contribution in [-0.4, -0.2) is 12.6 Å². The second kappa shape index (κ2) is 2.73. The van der Waals surface area contributed by atoms with Gasteiger partial charge in [0.05, 0.1) is 0 Å². The second-order valence-electron chi connectivity index (χ2n) is 5.12. The molecule has 1 heteroatoms. The van der Waals surface area contributed by atoms with Crippen LogP contribution >= 0.6 is 0 Å². The molecule has 1 nitrogen and oxygen atoms in total. The fraction of sp³-hybridized carbons (Fsp3) is 1.00. The van der Waals surface area contributed by atoms with Gasteiger partial charge in [-0.05, 0) is 56.4 Å². The van der Waals surface area contributed by atoms with E-state index < -0.39 is 0 Å². The zero-order valence-corrected chi connectivity index (χ0v) is 7.76. The standard InChI is InChI=1S/C11H19N/c1-2-9-5-8(1)6-10(9)7-12-11-3-4-11/h8-12H,1-7H2. The number of fused-ring (bicyclic) bond motifs is 2. The molecule has 0 aliphatic heterocycles. The summed E-state index contributed by atoms with van der Waals surface area (Å²) in [5.41, 5.74) is 0. The van der Waals surface area contributed by atoms with Gasteiger partial charge in [0.15, 0.2) is 0 Å². The van der Waals surface area contributed by atoms with Crippen molar-refractivity contribution >= 4 is 0 Å². The first-order valence-electron chi connectivity index (χ1n) is 5.65. The maximum absolute atomic E-state index is 3.68. The second-order valence-corrected chi connectivity index (χ2v) is 5.12. The fourth-order valence-corrected chi connectivity index (χ4v) is 3.23. The fourth-order valence-electron chi connectivity index (χ4n) is 3.23. The molecular formula is C11H19N. The summed E-state index contributed by atoms with van der Waals surface area (Å²) in [7, 11) is 0. The van der Waals surface area contributed by atoms with Gasteiger partial charge in [-0.3, -0.25) is 0 Å². The molecule has 3 fully saturated rings. The zero-order valence-electron chi connectivity index (χ0n) is 7.76. The van der Waals surface area contributed by atoms with Crippen LogP contribution in [0.1, 0.15) is 38.5 Å². The maximum Gasteiger partial charge on any atom is 0.00683 e. The van der Waals surface area contributed by atoms with E-state index >= 15 is 0 Å². The zero-order chi connectivity index (χ0) is 7.97. The lowest BCUT2D eigenvalue weighted by atomic mass is 9.89. The Morgan fingerprint density at radius 1 is 1.00 bits per heavy atom. The normalized spacial score (nSPS) is 45.5. The lowest BCUT2D eigenvalue weighted by Gasteiger charge is -2.21. The lowest BCUT2D eigenvalue weighted by molar-refractivity contribution is 0.318. The molecule has 0 spiro atoms. The molecule has 3 atom stereocenters. The third-order valence-electron chi connectivity index (χ3n) is 4.13. The van der Waals surface area contributed by atoms with Gasteiger partial charge in [0.1, 0.15) is 0 Å². The van der Waals surface area contributed by atoms with Gasteiger partial charge in [-0.1, -0.05) is 6.42 Å². The van der Waals surface area contributed by atoms with Gasteiger partial charge in [0, 0.05) is 6.04 Å². The van der Waals surface area contributed by atoms with E-state index in [2.05, 4.69) is 5.32 Å². The molecule has 0 heterocycles. The number of rotatable bonds is 3. The summed E-state index contributed by atoms with van der Waals surface area (Å²) in [6, 6.07) is 0.920. The first kappa shape index (κ1) is 7.37. The highest BCUT2D eigenvalue weighted by molar-refractivity contribution is 4.92. The molecule has 0 radical (unpaired) electrons. The Labute approximate surface area is 74.9 Å². The molecule has 1 N–H and O–H groups in total. The Bertz CT molecular complexity index is 174. The van der Waals surface area contributed by atoms with Crippen LogP contribution in [0.5, 0.6) is 0 Å². The molecule has 2 bridgehead atoms. The van der Waals surface area contributed by atoms with Crippen LogP contribution in [-0.2, 0) is 0 Å². The van der Waals surface area contributed by atoms with Gasteiger partial charge >= 0.3 is 0 Å². The first-order valence-corrected chi connectivity index (χ1v) is 5.65. The van der Waals surface area contributed by atoms with E-state index in [0.717, 1.165) is 23.8 Å². The van der Waals surface area contributed by atoms with Gasteiger partial charge < -0.3 is 5.32 Å². The summed E-state index contributed by atoms with van der Waals surface area (Å²) in [6.45, 7) is 1.34. The molecule has 0 amide bonds. The quantitative estimate of drug-likeness (QED) is 0.676. The largest absolute Gasteiger partial charge is 0.314 e. The smallest absolute Gasteiger partial charge is 0.00683 e. The van der Waals surface area contributed by atoms with Gasteiger partial charge in [-0.15, -0.1) is 0 Å². The van der Waals surface area contributed by atoms with Gasteiger partial charge in [-0.2, -0.15) is 0 Å². The number of nitrogens with one attached hydrogen (secondary N) is 1. The summed E-state index contributed by atoms with van der Waals surface area (Å²) in [5, 5.41) is 3.68. The molecule has 3 unspecified atom stereocenters. The minimum Gasteiger partial charge on any atom is -0.314 e. The Hall–Kier alpha value is -0.0400. The van der Waals surface area contributed by atoms with Gasteiger partial charge in [0.25, 0.3) is 0 Å². The highest BCUT2D eigenvalue weighted by Gasteiger charge is 2.39. The molecule has 12 heavy (non-hydrogen) atoms. The van der Waals surface area contributed by atoms with Crippen molar-refractivity contribution in [2.24, 2.45) is 17.8 Å². The molecule has 0 aromatic rings. The third kappa shape index (κ3) is 1.28. The average Bonchev–Trinajstić information content (AvgIpc) is 2.69. The molecule has 0 aromatic heterocycles. The van der Waals surface area contributed by atoms with Crippen LogP contribution in [0.4, 0.5) is 0 Å². The molecule has 68 valence electrons. The van der Waals surface area contributed by atoms with E-state index in [1.54, 1.807) is 25.7 Å². The molecule has 3 aliphatic rings. The summed E-state index contributed by atoms with van der Waals surface area (Å²) >= 11 is 0. The third-order valence-corrected chi connectivity index (χ3v) is 4.13. The van der Waals surface area contributed by atoms with Crippen LogP contribution in [0.2, 0.25) is 0 Å². The topological polar surface area (TPSA) is 12.0 Å². The van der Waals surface area contributed by atoms with Gasteiger partial charge in [-0.25, -0.2) is 0 Å². The minimum absolute atomic E-state index is 0.920. The highest BCUT2D eigenvalue weighted by Crippen LogP contribution is 2.48. The number of hydrogen-bond acceptors (Lipinski definition) is 1. The van der Waals surface area contributed by atoms with Crippen molar-refractivity contribution in [3.05, 3.63) is 0 Å². The molecule has 3 saturated carbocycles. The summed E-state index contributed by atoms with van der Waals surface area (Å²) in [6.07, 6.45) is 9.09. The van der Waals surface area contributed by atoms with Crippen molar-refractivity contribution in [2.75, 3.05) is 6.54 Å². The summed E-state index contributed by atoms with van der Waals surface area (Å²) < 4.78 is 0. The van der Waals surface area contributed by atoms with Crippen molar-refractivity contribution in [2.45, 2.75) is 44.6 Å². The molecule has 3 aliphatic carbocycles. The Morgan fingerprint density at radius 2 is 1.92 bits per heavy atom. The first-order chi connectivity index (χ1) is 5.92. The highest BCUT2D eigenvalue weighted by atomic mass is 14.9. The van der Waals surface area contributed by atoms with Crippen LogP contribution < -0.4 is 5.32 Å². The Kier molecular flexibility index (Phi) is 1.68. The van der Waals surface area contributed by atoms with E-state index in [1.807, 2.05) is 0 Å². The SMILES string of the molecule is C1CC2CC1CC2CNC1CC1. The maximum atomic E-state index is 3.68. The van der Waals surface area contributed by atoms with Crippen LogP contribution in [0, 0.1) is 17.8 Å². The van der Waals surface area contributed by atoms with Gasteiger partial charge in [0.2, 0.25) is 0 Å². The van der Waals surface area contributed by atoms with Crippen molar-refractivity contribution in [3.63, 3.8) is 0 Å². The van der Waals surface area contributed by atoms with Crippen LogP contribution in [0.15, 0.2) is 0 Å². The lowest BCUT2D eigenvalue weighted by Crippen LogP contribution is -2.27. The average molecular weight is 165 g/mol. The van der Waals surface area contributed by atoms with Crippen molar-refractivity contribution in [1.29, 1.82) is 0 Å². The van der Waals surface area contributed by atoms with Crippen molar-refractivity contribution in [1.82, 2.24) is 5.32 Å². The molecule has 0 saturated heterocycles. The summed E-state index contributed by atoms with van der Waals surface area (Å²) in [4.78, 5) is 0. The van der Waals surface area contributed by atoms with E-state index in [9.17, 15) is 0 Å². The molecule has 3 rings (SSSR count). The van der Waals surface area contributed by atoms with E-state index in [0.29, 0.717) is 0 Å². The van der Waals surface area contributed by atoms with E-state index in [-0.39, 0.29) is 0 Å². The van der Waals surface area contributed by atoms with E-state index in [4.69, 9.17) is 0 Å². The van der Waals surface area contributed by atoms with Crippen molar-refractivity contribution in [3.8, 4) is 0 Å². The molecule has 0 aromatic carbocycles. The predicted molar refractivity (Wildman–Crippen MR) is 50.0 cm³/mol. The Balaban J connectivity index is 1.50. The summed E-state index contributed by atoms with van der Waals surface area (Å²) in [5.74, 6) is 3.30. The van der Waals surface area contributed by atoms with Crippen molar-refractivity contribution < 1.29 is 0 Å². The molecular weight excluding hydrogens is 146 g/mol. The predicted octanol–water partition coefficient (Wildman–Crippen LogP) is 2.17. The van der Waals surface area contributed by atoms with E-state index in [1.165, 1.54) is 19.4 Å². The number of hydrogen-bond donors (Lipinski definition) is 1.